The summed E-state index contributed by atoms with van der Waals surface area (Å²) in [7, 11) is 5.05. The van der Waals surface area contributed by atoms with Gasteiger partial charge in [0.1, 0.15) is 21.0 Å². The Kier molecular flexibility index (Phi) is 12.6. The van der Waals surface area contributed by atoms with E-state index in [9.17, 15) is 19.9 Å². The van der Waals surface area contributed by atoms with Crippen LogP contribution in [-0.2, 0) is 32.8 Å². The molecule has 1 unspecified atom stereocenters. The first-order valence-electron chi connectivity index (χ1n) is 15.9. The van der Waals surface area contributed by atoms with Crippen LogP contribution in [0.5, 0.6) is 11.5 Å². The number of thiophene rings is 1. The molecule has 5 rings (SSSR count). The Morgan fingerprint density at radius 1 is 1.08 bits per heavy atom. The molecule has 0 amide bonds. The zero-order valence-corrected chi connectivity index (χ0v) is 30.2. The molecule has 0 bridgehead atoms. The third kappa shape index (κ3) is 8.68. The van der Waals surface area contributed by atoms with Gasteiger partial charge in [0.15, 0.2) is 29.4 Å². The van der Waals surface area contributed by atoms with Gasteiger partial charge < -0.3 is 34.2 Å². The van der Waals surface area contributed by atoms with Crippen LogP contribution in [0.4, 0.5) is 0 Å². The van der Waals surface area contributed by atoms with Crippen molar-refractivity contribution in [1.29, 1.82) is 0 Å². The van der Waals surface area contributed by atoms with Gasteiger partial charge in [0.2, 0.25) is 0 Å². The van der Waals surface area contributed by atoms with Crippen molar-refractivity contribution in [3.8, 4) is 11.5 Å². The predicted molar refractivity (Wildman–Crippen MR) is 190 cm³/mol. The molecule has 50 heavy (non-hydrogen) atoms. The van der Waals surface area contributed by atoms with Crippen molar-refractivity contribution in [3.63, 3.8) is 0 Å². The number of hydrogen-bond acceptors (Lipinski definition) is 11. The molecule has 1 saturated heterocycles. The molecule has 4 aromatic rings. The van der Waals surface area contributed by atoms with E-state index >= 15 is 0 Å². The van der Waals surface area contributed by atoms with E-state index in [4.69, 9.17) is 42.1 Å². The number of rotatable bonds is 15. The molecule has 3 heterocycles. The van der Waals surface area contributed by atoms with Gasteiger partial charge in [-0.25, -0.2) is 9.59 Å². The number of aliphatic hydroxyl groups excluding tert-OH is 1. The van der Waals surface area contributed by atoms with Crippen LogP contribution in [0.3, 0.4) is 0 Å². The first-order valence-corrected chi connectivity index (χ1v) is 17.5. The van der Waals surface area contributed by atoms with E-state index in [0.717, 1.165) is 19.5 Å². The van der Waals surface area contributed by atoms with Crippen molar-refractivity contribution < 1.29 is 38.4 Å². The van der Waals surface area contributed by atoms with E-state index in [2.05, 4.69) is 10.2 Å². The Bertz CT molecular complexity index is 1770. The number of likely N-dealkylation sites (tertiary alicyclic amines) is 1. The Morgan fingerprint density at radius 3 is 2.44 bits per heavy atom. The van der Waals surface area contributed by atoms with E-state index in [-0.39, 0.29) is 35.5 Å². The van der Waals surface area contributed by atoms with Gasteiger partial charge in [-0.3, -0.25) is 5.32 Å². The number of pyridine rings is 1. The predicted octanol–water partition coefficient (Wildman–Crippen LogP) is 5.32. The molecule has 0 aliphatic carbocycles. The minimum Gasteiger partial charge on any atom is -0.619 e. The lowest BCUT2D eigenvalue weighted by molar-refractivity contribution is -0.605. The number of carbonyl (C=O) groups is 2. The second-order valence-corrected chi connectivity index (χ2v) is 14.1. The molecule has 1 fully saturated rings. The third-order valence-corrected chi connectivity index (χ3v) is 10.4. The number of nitrogens with one attached hydrogen (secondary N) is 1. The molecule has 1 aliphatic heterocycles. The highest BCUT2D eigenvalue weighted by atomic mass is 35.5. The van der Waals surface area contributed by atoms with Crippen molar-refractivity contribution in [2.75, 3.05) is 47.6 Å². The highest BCUT2D eigenvalue weighted by Gasteiger charge is 2.42. The van der Waals surface area contributed by atoms with Crippen molar-refractivity contribution in [1.82, 2.24) is 10.2 Å². The molecule has 11 nitrogen and oxygen atoms in total. The van der Waals surface area contributed by atoms with E-state index < -0.39 is 30.2 Å². The summed E-state index contributed by atoms with van der Waals surface area (Å²) in [6, 6.07) is 17.5. The van der Waals surface area contributed by atoms with Crippen molar-refractivity contribution in [3.05, 3.63) is 115 Å². The summed E-state index contributed by atoms with van der Waals surface area (Å²) in [6.45, 7) is 1.65. The number of aromatic nitrogens is 1. The molecule has 1 aliphatic rings. The molecule has 0 saturated carbocycles. The number of nitrogens with zero attached hydrogens (tertiary/aromatic N) is 2. The third-order valence-electron chi connectivity index (χ3n) is 8.69. The fraction of sp³-hybridized carbons (Fsp3) is 0.361. The number of hydrogen-bond donors (Lipinski definition) is 2. The number of carbonyl (C=O) groups excluding carboxylic acids is 2. The van der Waals surface area contributed by atoms with Crippen LogP contribution in [0, 0.1) is 11.1 Å². The van der Waals surface area contributed by atoms with Gasteiger partial charge in [0, 0.05) is 35.9 Å². The summed E-state index contributed by atoms with van der Waals surface area (Å²) in [5.74, 6) is -0.0415. The second-order valence-electron chi connectivity index (χ2n) is 12.1. The van der Waals surface area contributed by atoms with Gasteiger partial charge >= 0.3 is 11.9 Å². The minimum absolute atomic E-state index is 0.0644. The van der Waals surface area contributed by atoms with Crippen molar-refractivity contribution >= 4 is 46.5 Å². The van der Waals surface area contributed by atoms with E-state index in [1.54, 1.807) is 54.6 Å². The Balaban J connectivity index is 1.35. The zero-order chi connectivity index (χ0) is 35.8. The number of methoxy groups -OCH3 is 2. The van der Waals surface area contributed by atoms with Gasteiger partial charge in [-0.15, -0.1) is 11.3 Å². The molecular formula is C36H39Cl2N3O8S. The maximum Gasteiger partial charge on any atom is 0.348 e. The summed E-state index contributed by atoms with van der Waals surface area (Å²) in [5, 5.41) is 26.0. The topological polar surface area (TPSA) is 134 Å². The summed E-state index contributed by atoms with van der Waals surface area (Å²) >= 11 is 14.0. The lowest BCUT2D eigenvalue weighted by Gasteiger charge is -2.31. The molecule has 2 aromatic carbocycles. The van der Waals surface area contributed by atoms with Crippen LogP contribution < -0.4 is 19.5 Å². The summed E-state index contributed by atoms with van der Waals surface area (Å²) in [5.41, 5.74) is 0.0486. The van der Waals surface area contributed by atoms with Gasteiger partial charge in [-0.2, -0.15) is 4.73 Å². The number of esters is 2. The Morgan fingerprint density at radius 2 is 1.80 bits per heavy atom. The van der Waals surface area contributed by atoms with Crippen LogP contribution in [0.2, 0.25) is 10.0 Å². The zero-order valence-electron chi connectivity index (χ0n) is 27.9. The van der Waals surface area contributed by atoms with Crippen LogP contribution in [0.1, 0.15) is 43.8 Å². The SMILES string of the molecule is COc1ccc([C@H](Cc2c(Cl)c[n+]([O-])cc2Cl)OC(=O)c2ccc(CNC(CO)(C(=O)OC[C@@H]3CCN(C)C3)c3ccccc3)s2)cc1OC. The van der Waals surface area contributed by atoms with Crippen LogP contribution in [-0.4, -0.2) is 69.5 Å². The van der Waals surface area contributed by atoms with Crippen LogP contribution in [0.15, 0.2) is 73.1 Å². The van der Waals surface area contributed by atoms with Gasteiger partial charge in [0.05, 0.1) is 27.4 Å². The standard InChI is InChI=1S/C36H39Cl2N3O8S/c1-40-14-13-23(18-40)21-48-35(44)36(22-42,25-7-5-4-6-8-25)39-17-26-10-12-33(50-26)34(43)49-31(16-27-28(37)19-41(45)20-29(27)38)24-9-11-30(46-2)32(15-24)47-3/h4-12,15,19-20,23,31,39,42H,13-14,16-18,21-22H2,1-3H3/t23-,31+,36?/m1/s1. The first kappa shape index (κ1) is 37.3. The maximum atomic E-state index is 13.6. The molecule has 3 atom stereocenters. The maximum absolute atomic E-state index is 13.6. The molecule has 0 spiro atoms. The van der Waals surface area contributed by atoms with E-state index in [1.165, 1.54) is 38.0 Å². The largest absolute Gasteiger partial charge is 0.619 e. The quantitative estimate of drug-likeness (QED) is 0.0937. The molecule has 2 N–H and O–H groups in total. The van der Waals surface area contributed by atoms with Gasteiger partial charge in [-0.1, -0.05) is 59.6 Å². The lowest BCUT2D eigenvalue weighted by Crippen LogP contribution is -2.53. The Hall–Kier alpha value is -3.91. The van der Waals surface area contributed by atoms with E-state index in [0.29, 0.717) is 42.7 Å². The van der Waals surface area contributed by atoms with Crippen LogP contribution in [0.25, 0.3) is 0 Å². The van der Waals surface area contributed by atoms with Crippen molar-refractivity contribution in [2.24, 2.45) is 5.92 Å². The average molecular weight is 745 g/mol. The fourth-order valence-electron chi connectivity index (χ4n) is 5.91. The molecule has 2 aromatic heterocycles. The summed E-state index contributed by atoms with van der Waals surface area (Å²) in [4.78, 5) is 30.5. The normalized spacial score (nSPS) is 16.4. The monoisotopic (exact) mass is 743 g/mol. The fourth-order valence-corrected chi connectivity index (χ4v) is 7.33. The van der Waals surface area contributed by atoms with Crippen molar-refractivity contribution in [2.45, 2.75) is 31.0 Å². The minimum atomic E-state index is -1.52. The molecular weight excluding hydrogens is 705 g/mol. The number of halogens is 2. The van der Waals surface area contributed by atoms with Gasteiger partial charge in [-0.05, 0) is 55.4 Å². The van der Waals surface area contributed by atoms with E-state index in [1.807, 2.05) is 13.1 Å². The molecule has 14 heteroatoms. The number of aliphatic hydroxyl groups is 1. The first-order chi connectivity index (χ1) is 24.1. The summed E-state index contributed by atoms with van der Waals surface area (Å²) < 4.78 is 23.2. The molecule has 0 radical (unpaired) electrons. The van der Waals surface area contributed by atoms with Crippen LogP contribution >= 0.6 is 34.5 Å². The highest BCUT2D eigenvalue weighted by Crippen LogP contribution is 2.36. The Labute approximate surface area is 304 Å². The number of benzene rings is 2. The number of ether oxygens (including phenoxy) is 4. The smallest absolute Gasteiger partial charge is 0.348 e. The second kappa shape index (κ2) is 16.9. The lowest BCUT2D eigenvalue weighted by atomic mass is 9.90. The summed E-state index contributed by atoms with van der Waals surface area (Å²) in [6.07, 6.45) is 2.48. The van der Waals surface area contributed by atoms with Gasteiger partial charge in [0.25, 0.3) is 0 Å². The highest BCUT2D eigenvalue weighted by molar-refractivity contribution is 7.13. The average Bonchev–Trinajstić information content (AvgIpc) is 3.77. The molecule has 266 valence electrons.